The van der Waals surface area contributed by atoms with Crippen LogP contribution in [0.5, 0.6) is 17.4 Å². The minimum absolute atomic E-state index is 0. The van der Waals surface area contributed by atoms with Gasteiger partial charge in [0.2, 0.25) is 12.7 Å². The van der Waals surface area contributed by atoms with Crippen molar-refractivity contribution in [3.05, 3.63) is 35.0 Å². The zero-order valence-electron chi connectivity index (χ0n) is 15.3. The van der Waals surface area contributed by atoms with Gasteiger partial charge in [-0.2, -0.15) is 5.10 Å². The molecular formula is C18H26ClN3O3. The molecule has 0 aliphatic carbocycles. The molecule has 138 valence electrons. The summed E-state index contributed by atoms with van der Waals surface area (Å²) in [5.41, 5.74) is 3.34. The maximum atomic E-state index is 5.53. The molecular weight excluding hydrogens is 342 g/mol. The zero-order valence-corrected chi connectivity index (χ0v) is 16.1. The third-order valence-electron chi connectivity index (χ3n) is 4.34. The fourth-order valence-electron chi connectivity index (χ4n) is 3.01. The number of aromatic nitrogens is 2. The van der Waals surface area contributed by atoms with E-state index in [1.165, 1.54) is 0 Å². The van der Waals surface area contributed by atoms with Gasteiger partial charge in [-0.25, -0.2) is 4.68 Å². The maximum Gasteiger partial charge on any atom is 0.231 e. The van der Waals surface area contributed by atoms with Gasteiger partial charge in [0.1, 0.15) is 0 Å². The Morgan fingerprint density at radius 2 is 1.96 bits per heavy atom. The molecule has 1 unspecified atom stereocenters. The number of nitrogens with zero attached hydrogens (tertiary/aromatic N) is 2. The number of nitrogens with one attached hydrogen (secondary N) is 1. The first-order valence-corrected chi connectivity index (χ1v) is 8.24. The number of benzene rings is 1. The number of aryl methyl sites for hydroxylation is 1. The van der Waals surface area contributed by atoms with Crippen molar-refractivity contribution in [2.45, 2.75) is 39.3 Å². The highest BCUT2D eigenvalue weighted by Crippen LogP contribution is 2.34. The van der Waals surface area contributed by atoms with Crippen molar-refractivity contribution >= 4 is 12.4 Å². The van der Waals surface area contributed by atoms with Gasteiger partial charge in [-0.3, -0.25) is 0 Å². The fraction of sp³-hybridized carbons (Fsp3) is 0.500. The second kappa shape index (κ2) is 7.97. The smallest absolute Gasteiger partial charge is 0.231 e. The van der Waals surface area contributed by atoms with Gasteiger partial charge < -0.3 is 19.5 Å². The zero-order chi connectivity index (χ0) is 17.3. The Kier molecular flexibility index (Phi) is 6.19. The van der Waals surface area contributed by atoms with Crippen molar-refractivity contribution in [2.24, 2.45) is 7.05 Å². The molecule has 1 atom stereocenters. The molecule has 7 heteroatoms. The van der Waals surface area contributed by atoms with Crippen LogP contribution >= 0.6 is 12.4 Å². The van der Waals surface area contributed by atoms with Crippen molar-refractivity contribution in [1.29, 1.82) is 0 Å². The second-order valence-electron chi connectivity index (χ2n) is 6.37. The van der Waals surface area contributed by atoms with Crippen LogP contribution in [0.3, 0.4) is 0 Å². The number of halogens is 1. The SMILES string of the molecule is COc1c(CNC(C)c2ccc3c(c2)OCO3)c(C(C)C)nn1C.Cl. The van der Waals surface area contributed by atoms with Crippen LogP contribution in [-0.2, 0) is 13.6 Å². The highest BCUT2D eigenvalue weighted by Gasteiger charge is 2.20. The van der Waals surface area contributed by atoms with Crippen LogP contribution in [0.4, 0.5) is 0 Å². The van der Waals surface area contributed by atoms with E-state index in [9.17, 15) is 0 Å². The molecule has 3 rings (SSSR count). The van der Waals surface area contributed by atoms with E-state index in [0.29, 0.717) is 19.3 Å². The monoisotopic (exact) mass is 367 g/mol. The second-order valence-corrected chi connectivity index (χ2v) is 6.37. The minimum Gasteiger partial charge on any atom is -0.481 e. The van der Waals surface area contributed by atoms with Crippen LogP contribution in [0.15, 0.2) is 18.2 Å². The van der Waals surface area contributed by atoms with Crippen LogP contribution in [0.2, 0.25) is 0 Å². The highest BCUT2D eigenvalue weighted by atomic mass is 35.5. The summed E-state index contributed by atoms with van der Waals surface area (Å²) in [7, 11) is 3.60. The summed E-state index contributed by atoms with van der Waals surface area (Å²) >= 11 is 0. The number of rotatable bonds is 6. The summed E-state index contributed by atoms with van der Waals surface area (Å²) in [6.45, 7) is 7.42. The molecule has 0 saturated heterocycles. The number of methoxy groups -OCH3 is 1. The van der Waals surface area contributed by atoms with Gasteiger partial charge in [-0.05, 0) is 30.5 Å². The lowest BCUT2D eigenvalue weighted by molar-refractivity contribution is 0.174. The number of hydrogen-bond acceptors (Lipinski definition) is 5. The van der Waals surface area contributed by atoms with E-state index in [4.69, 9.17) is 14.2 Å². The highest BCUT2D eigenvalue weighted by molar-refractivity contribution is 5.85. The Balaban J connectivity index is 0.00000225. The van der Waals surface area contributed by atoms with Crippen LogP contribution in [0, 0.1) is 0 Å². The lowest BCUT2D eigenvalue weighted by Crippen LogP contribution is -2.19. The topological polar surface area (TPSA) is 57.5 Å². The molecule has 1 aliphatic rings. The van der Waals surface area contributed by atoms with Crippen LogP contribution < -0.4 is 19.5 Å². The van der Waals surface area contributed by atoms with E-state index in [1.807, 2.05) is 19.2 Å². The van der Waals surface area contributed by atoms with Gasteiger partial charge >= 0.3 is 0 Å². The van der Waals surface area contributed by atoms with Crippen molar-refractivity contribution in [1.82, 2.24) is 15.1 Å². The molecule has 0 spiro atoms. The summed E-state index contributed by atoms with van der Waals surface area (Å²) in [6, 6.07) is 6.23. The Morgan fingerprint density at radius 1 is 1.24 bits per heavy atom. The summed E-state index contributed by atoms with van der Waals surface area (Å²) in [6.07, 6.45) is 0. The molecule has 0 bridgehead atoms. The largest absolute Gasteiger partial charge is 0.481 e. The lowest BCUT2D eigenvalue weighted by atomic mass is 10.0. The van der Waals surface area contributed by atoms with Crippen molar-refractivity contribution < 1.29 is 14.2 Å². The van der Waals surface area contributed by atoms with Gasteiger partial charge in [0.15, 0.2) is 11.5 Å². The molecule has 1 aromatic carbocycles. The Morgan fingerprint density at radius 3 is 2.64 bits per heavy atom. The van der Waals surface area contributed by atoms with Gasteiger partial charge in [-0.1, -0.05) is 19.9 Å². The number of fused-ring (bicyclic) bond motifs is 1. The van der Waals surface area contributed by atoms with Crippen molar-refractivity contribution in [3.8, 4) is 17.4 Å². The van der Waals surface area contributed by atoms with Gasteiger partial charge in [0.05, 0.1) is 18.4 Å². The summed E-state index contributed by atoms with van der Waals surface area (Å²) < 4.78 is 18.2. The van der Waals surface area contributed by atoms with E-state index < -0.39 is 0 Å². The predicted molar refractivity (Wildman–Crippen MR) is 98.9 cm³/mol. The minimum atomic E-state index is 0. The lowest BCUT2D eigenvalue weighted by Gasteiger charge is -2.16. The summed E-state index contributed by atoms with van der Waals surface area (Å²) in [4.78, 5) is 0. The predicted octanol–water partition coefficient (Wildman–Crippen LogP) is 3.55. The fourth-order valence-corrected chi connectivity index (χ4v) is 3.01. The molecule has 1 aliphatic heterocycles. The Hall–Kier alpha value is -1.92. The average molecular weight is 368 g/mol. The molecule has 0 amide bonds. The van der Waals surface area contributed by atoms with Crippen molar-refractivity contribution in [3.63, 3.8) is 0 Å². The molecule has 0 fully saturated rings. The van der Waals surface area contributed by atoms with Crippen LogP contribution in [0.25, 0.3) is 0 Å². The van der Waals surface area contributed by atoms with E-state index in [2.05, 4.69) is 37.3 Å². The van der Waals surface area contributed by atoms with Crippen LogP contribution in [0.1, 0.15) is 49.6 Å². The molecule has 0 saturated carbocycles. The Labute approximate surface area is 154 Å². The number of ether oxygens (including phenoxy) is 3. The van der Waals surface area contributed by atoms with Crippen LogP contribution in [-0.4, -0.2) is 23.7 Å². The Bertz CT molecular complexity index is 731. The third kappa shape index (κ3) is 3.85. The molecule has 1 N–H and O–H groups in total. The van der Waals surface area contributed by atoms with Gasteiger partial charge in [0.25, 0.3) is 0 Å². The first-order chi connectivity index (χ1) is 11.5. The first kappa shape index (κ1) is 19.4. The molecule has 2 aromatic rings. The average Bonchev–Trinajstić information content (AvgIpc) is 3.15. The molecule has 25 heavy (non-hydrogen) atoms. The summed E-state index contributed by atoms with van der Waals surface area (Å²) in [5, 5.41) is 8.15. The first-order valence-electron chi connectivity index (χ1n) is 8.24. The van der Waals surface area contributed by atoms with E-state index >= 15 is 0 Å². The van der Waals surface area contributed by atoms with E-state index in [-0.39, 0.29) is 18.4 Å². The number of hydrogen-bond donors (Lipinski definition) is 1. The van der Waals surface area contributed by atoms with Crippen molar-refractivity contribution in [2.75, 3.05) is 13.9 Å². The molecule has 2 heterocycles. The quantitative estimate of drug-likeness (QED) is 0.846. The molecule has 0 radical (unpaired) electrons. The van der Waals surface area contributed by atoms with E-state index in [0.717, 1.165) is 34.2 Å². The van der Waals surface area contributed by atoms with E-state index in [1.54, 1.807) is 11.8 Å². The van der Waals surface area contributed by atoms with Gasteiger partial charge in [0, 0.05) is 19.6 Å². The molecule has 6 nitrogen and oxygen atoms in total. The molecule has 1 aromatic heterocycles. The standard InChI is InChI=1S/C18H25N3O3.ClH/c1-11(2)17-14(18(22-5)21(4)20-17)9-19-12(3)13-6-7-15-16(8-13)24-10-23-15;/h6-8,11-12,19H,9-10H2,1-5H3;1H. The third-order valence-corrected chi connectivity index (χ3v) is 4.34. The van der Waals surface area contributed by atoms with Gasteiger partial charge in [-0.15, -0.1) is 12.4 Å². The summed E-state index contributed by atoms with van der Waals surface area (Å²) in [5.74, 6) is 2.77. The maximum absolute atomic E-state index is 5.53. The normalized spacial score (nSPS) is 13.7.